The molecule has 0 saturated carbocycles. The van der Waals surface area contributed by atoms with Gasteiger partial charge in [-0.15, -0.1) is 22.0 Å². The van der Waals surface area contributed by atoms with E-state index in [0.29, 0.717) is 28.3 Å². The van der Waals surface area contributed by atoms with E-state index < -0.39 is 58.6 Å². The smallest absolute Gasteiger partial charge is 0.408 e. The fourth-order valence-corrected chi connectivity index (χ4v) is 7.88. The lowest BCUT2D eigenvalue weighted by molar-refractivity contribution is -0.159. The summed E-state index contributed by atoms with van der Waals surface area (Å²) < 4.78 is 11.8. The Morgan fingerprint density at radius 1 is 1.09 bits per heavy atom. The molecule has 0 radical (unpaired) electrons. The van der Waals surface area contributed by atoms with Crippen molar-refractivity contribution in [3.8, 4) is 0 Å². The van der Waals surface area contributed by atoms with Crippen molar-refractivity contribution in [2.24, 2.45) is 5.73 Å². The maximum atomic E-state index is 13.8. The molecule has 1 saturated heterocycles. The number of primary amides is 1. The summed E-state index contributed by atoms with van der Waals surface area (Å²) in [4.78, 5) is 67.8. The van der Waals surface area contributed by atoms with E-state index in [0.717, 1.165) is 9.35 Å². The molecular formula is C30H39N7O7S3. The van der Waals surface area contributed by atoms with Gasteiger partial charge in [0.2, 0.25) is 5.91 Å². The monoisotopic (exact) mass is 705 g/mol. The summed E-state index contributed by atoms with van der Waals surface area (Å²) in [7, 11) is 1.50. The van der Waals surface area contributed by atoms with Gasteiger partial charge in [0.05, 0.1) is 0 Å². The van der Waals surface area contributed by atoms with E-state index in [1.54, 1.807) is 65.8 Å². The zero-order valence-corrected chi connectivity index (χ0v) is 29.9. The van der Waals surface area contributed by atoms with Gasteiger partial charge in [-0.3, -0.25) is 19.4 Å². The highest BCUT2D eigenvalue weighted by Crippen LogP contribution is 2.42. The number of anilines is 1. The number of esters is 1. The Bertz CT molecular complexity index is 1580. The normalized spacial score (nSPS) is 18.5. The van der Waals surface area contributed by atoms with Crippen LogP contribution in [0.1, 0.15) is 58.2 Å². The number of hydrogen-bond donors (Lipinski definition) is 3. The third-order valence-electron chi connectivity index (χ3n) is 6.68. The molecule has 3 atom stereocenters. The minimum Gasteiger partial charge on any atom is -0.455 e. The van der Waals surface area contributed by atoms with Gasteiger partial charge in [-0.25, -0.2) is 14.4 Å². The number of aromatic nitrogens is 2. The summed E-state index contributed by atoms with van der Waals surface area (Å²) in [6.07, 6.45) is -0.840. The maximum absolute atomic E-state index is 13.8. The van der Waals surface area contributed by atoms with Crippen molar-refractivity contribution in [1.82, 2.24) is 25.7 Å². The highest BCUT2D eigenvalue weighted by molar-refractivity contribution is 8.01. The van der Waals surface area contributed by atoms with E-state index in [1.165, 1.54) is 51.7 Å². The van der Waals surface area contributed by atoms with Crippen molar-refractivity contribution in [1.29, 1.82) is 0 Å². The number of nitrogens with zero attached hydrogens (tertiary/aromatic N) is 4. The molecule has 3 heterocycles. The number of hydrogen-bond acceptors (Lipinski definition) is 12. The molecule has 254 valence electrons. The predicted octanol–water partition coefficient (Wildman–Crippen LogP) is 3.72. The van der Waals surface area contributed by atoms with Gasteiger partial charge in [-0.05, 0) is 71.7 Å². The zero-order valence-electron chi connectivity index (χ0n) is 27.4. The van der Waals surface area contributed by atoms with E-state index in [2.05, 4.69) is 20.8 Å². The quantitative estimate of drug-likeness (QED) is 0.196. The van der Waals surface area contributed by atoms with E-state index in [9.17, 15) is 24.0 Å². The van der Waals surface area contributed by atoms with Gasteiger partial charge in [-0.1, -0.05) is 35.2 Å². The highest BCUT2D eigenvalue weighted by atomic mass is 32.2. The largest absolute Gasteiger partial charge is 0.455 e. The van der Waals surface area contributed by atoms with Crippen LogP contribution in [0.3, 0.4) is 0 Å². The van der Waals surface area contributed by atoms with Crippen LogP contribution >= 0.6 is 34.9 Å². The summed E-state index contributed by atoms with van der Waals surface area (Å²) in [6.45, 7) is 12.2. The first-order valence-corrected chi connectivity index (χ1v) is 17.5. The number of amides is 5. The van der Waals surface area contributed by atoms with Crippen LogP contribution in [0.15, 0.2) is 39.9 Å². The molecule has 2 aromatic rings. The molecule has 1 aromatic heterocycles. The van der Waals surface area contributed by atoms with Crippen LogP contribution in [0, 0.1) is 6.92 Å². The van der Waals surface area contributed by atoms with E-state index in [1.807, 2.05) is 6.92 Å². The third-order valence-corrected chi connectivity index (χ3v) is 10.1. The van der Waals surface area contributed by atoms with Crippen LogP contribution in [-0.4, -0.2) is 86.2 Å². The summed E-state index contributed by atoms with van der Waals surface area (Å²) in [5.41, 5.74) is 5.44. The molecule has 2 unspecified atom stereocenters. The number of urea groups is 1. The molecular weight excluding hydrogens is 667 g/mol. The molecule has 0 aliphatic carbocycles. The molecule has 0 bridgehead atoms. The minimum absolute atomic E-state index is 0.158. The SMILES string of the molecule is Cc1nnc(SCC2=C(C(=O)OC(C)(C)C)N3C(=O)C(NC(=O)C(NC(=O)OC(C)(C)C)c4ccc(N(C)C(N)=O)cc4)[C@@H]3SC2)s1. The topological polar surface area (TPSA) is 186 Å². The Hall–Kier alpha value is -3.83. The number of carbonyl (C=O) groups is 5. The molecule has 17 heteroatoms. The molecule has 2 aliphatic rings. The van der Waals surface area contributed by atoms with Gasteiger partial charge in [-0.2, -0.15) is 0 Å². The number of benzene rings is 1. The van der Waals surface area contributed by atoms with Crippen LogP contribution in [-0.2, 0) is 23.9 Å². The first-order valence-electron chi connectivity index (χ1n) is 14.6. The van der Waals surface area contributed by atoms with Crippen molar-refractivity contribution in [2.45, 2.75) is 81.5 Å². The number of alkyl carbamates (subject to hydrolysis) is 1. The summed E-state index contributed by atoms with van der Waals surface area (Å²) in [5.74, 6) is -0.974. The first-order chi connectivity index (χ1) is 21.8. The Morgan fingerprint density at radius 3 is 2.28 bits per heavy atom. The van der Waals surface area contributed by atoms with Crippen molar-refractivity contribution >= 4 is 70.5 Å². The Morgan fingerprint density at radius 2 is 1.72 bits per heavy atom. The summed E-state index contributed by atoms with van der Waals surface area (Å²) >= 11 is 4.26. The van der Waals surface area contributed by atoms with Crippen molar-refractivity contribution in [3.63, 3.8) is 0 Å². The van der Waals surface area contributed by atoms with Crippen LogP contribution in [0.2, 0.25) is 0 Å². The van der Waals surface area contributed by atoms with Gasteiger partial charge in [0.25, 0.3) is 5.91 Å². The number of thioether (sulfide) groups is 2. The molecule has 2 aliphatic heterocycles. The van der Waals surface area contributed by atoms with E-state index >= 15 is 0 Å². The molecule has 1 aromatic carbocycles. The van der Waals surface area contributed by atoms with Crippen LogP contribution in [0.4, 0.5) is 15.3 Å². The maximum Gasteiger partial charge on any atom is 0.408 e. The van der Waals surface area contributed by atoms with Gasteiger partial charge < -0.3 is 25.8 Å². The molecule has 14 nitrogen and oxygen atoms in total. The number of fused-ring (bicyclic) bond motifs is 1. The second kappa shape index (κ2) is 14.1. The fraction of sp³-hybridized carbons (Fsp3) is 0.500. The summed E-state index contributed by atoms with van der Waals surface area (Å²) in [6, 6.07) is 3.37. The predicted molar refractivity (Wildman–Crippen MR) is 180 cm³/mol. The van der Waals surface area contributed by atoms with Gasteiger partial charge in [0.1, 0.15) is 39.4 Å². The number of aryl methyl sites for hydroxylation is 1. The highest BCUT2D eigenvalue weighted by Gasteiger charge is 2.55. The average Bonchev–Trinajstić information content (AvgIpc) is 3.39. The lowest BCUT2D eigenvalue weighted by atomic mass is 10.0. The van der Waals surface area contributed by atoms with Crippen LogP contribution in [0.25, 0.3) is 0 Å². The van der Waals surface area contributed by atoms with E-state index in [4.69, 9.17) is 15.2 Å². The summed E-state index contributed by atoms with van der Waals surface area (Å²) in [5, 5.41) is 13.8. The molecule has 0 spiro atoms. The second-order valence-electron chi connectivity index (χ2n) is 12.8. The number of rotatable bonds is 9. The fourth-order valence-electron chi connectivity index (χ4n) is 4.57. The van der Waals surface area contributed by atoms with Crippen LogP contribution < -0.4 is 21.3 Å². The molecule has 4 rings (SSSR count). The number of nitrogens with one attached hydrogen (secondary N) is 2. The third kappa shape index (κ3) is 8.96. The van der Waals surface area contributed by atoms with Gasteiger partial charge in [0, 0.05) is 24.2 Å². The van der Waals surface area contributed by atoms with E-state index in [-0.39, 0.29) is 5.70 Å². The number of β-lactam (4-membered cyclic amide) rings is 1. The van der Waals surface area contributed by atoms with Crippen molar-refractivity contribution in [2.75, 3.05) is 23.5 Å². The zero-order chi connectivity index (χ0) is 34.8. The Kier molecular flexibility index (Phi) is 10.8. The molecule has 5 amide bonds. The number of ether oxygens (including phenoxy) is 2. The second-order valence-corrected chi connectivity index (χ2v) is 16.3. The molecule has 47 heavy (non-hydrogen) atoms. The Labute approximate surface area is 285 Å². The van der Waals surface area contributed by atoms with Crippen molar-refractivity contribution in [3.05, 3.63) is 46.1 Å². The molecule has 4 N–H and O–H groups in total. The van der Waals surface area contributed by atoms with Gasteiger partial charge in [0.15, 0.2) is 4.34 Å². The lowest BCUT2D eigenvalue weighted by Crippen LogP contribution is -2.71. The van der Waals surface area contributed by atoms with Crippen molar-refractivity contribution < 1.29 is 33.4 Å². The molecule has 1 fully saturated rings. The first kappa shape index (κ1) is 36.0. The number of carbonyl (C=O) groups excluding carboxylic acids is 5. The van der Waals surface area contributed by atoms with Crippen LogP contribution in [0.5, 0.6) is 0 Å². The lowest BCUT2D eigenvalue weighted by Gasteiger charge is -2.50. The Balaban J connectivity index is 1.57. The number of nitrogens with two attached hydrogens (primary N) is 1. The standard InChI is InChI=1S/C30H39N7O7S3/c1-15-34-35-28(47-15)46-14-17-13-45-24-20(23(39)37(24)21(17)25(40)43-29(2,3)4)32-22(38)19(33-27(42)44-30(5,6)7)16-9-11-18(12-10-16)36(8)26(31)41/h9-12,19-20,24H,13-14H2,1-8H3,(H2,31,41)(H,32,38)(H,33,42)/t19?,20?,24-/m0/s1. The average molecular weight is 706 g/mol. The minimum atomic E-state index is -1.25. The van der Waals surface area contributed by atoms with Gasteiger partial charge >= 0.3 is 18.1 Å².